The number of amides is 1. The zero-order chi connectivity index (χ0) is 14.5. The fourth-order valence-corrected chi connectivity index (χ4v) is 2.23. The Morgan fingerprint density at radius 2 is 2.20 bits per heavy atom. The second-order valence-corrected chi connectivity index (χ2v) is 4.94. The Morgan fingerprint density at radius 1 is 1.40 bits per heavy atom. The van der Waals surface area contributed by atoms with Gasteiger partial charge in [-0.05, 0) is 23.8 Å². The van der Waals surface area contributed by atoms with Crippen molar-refractivity contribution in [3.05, 3.63) is 47.0 Å². The van der Waals surface area contributed by atoms with Gasteiger partial charge in [-0.2, -0.15) is 0 Å². The Balaban J connectivity index is 1.99. The summed E-state index contributed by atoms with van der Waals surface area (Å²) in [4.78, 5) is 26.8. The standard InChI is InChI=1S/C14H13N3O2S/c1-9(18)12-8-20-14(16-12)17-13(19)6-5-10-3-2-4-11(15)7-10/h2-8H,15H2,1H3,(H,16,17,19)/b6-5+. The lowest BCUT2D eigenvalue weighted by molar-refractivity contribution is -0.111. The van der Waals surface area contributed by atoms with Crippen LogP contribution < -0.4 is 11.1 Å². The normalized spacial score (nSPS) is 10.7. The molecular weight excluding hydrogens is 274 g/mol. The Bertz CT molecular complexity index is 677. The molecule has 1 aromatic heterocycles. The van der Waals surface area contributed by atoms with Crippen molar-refractivity contribution in [2.75, 3.05) is 11.1 Å². The van der Waals surface area contributed by atoms with E-state index in [-0.39, 0.29) is 11.7 Å². The van der Waals surface area contributed by atoms with Crippen LogP contribution in [-0.4, -0.2) is 16.7 Å². The van der Waals surface area contributed by atoms with Gasteiger partial charge in [0.25, 0.3) is 0 Å². The second-order valence-electron chi connectivity index (χ2n) is 4.09. The molecule has 1 heterocycles. The smallest absolute Gasteiger partial charge is 0.250 e. The first-order valence-electron chi connectivity index (χ1n) is 5.85. The Kier molecular flexibility index (Phi) is 4.27. The van der Waals surface area contributed by atoms with Gasteiger partial charge in [-0.3, -0.25) is 14.9 Å². The van der Waals surface area contributed by atoms with E-state index in [1.807, 2.05) is 12.1 Å². The molecule has 0 saturated carbocycles. The third-order valence-electron chi connectivity index (χ3n) is 2.43. The summed E-state index contributed by atoms with van der Waals surface area (Å²) in [5.41, 5.74) is 7.47. The Hall–Kier alpha value is -2.47. The molecule has 5 nitrogen and oxygen atoms in total. The number of hydrogen-bond acceptors (Lipinski definition) is 5. The SMILES string of the molecule is CC(=O)c1csc(NC(=O)/C=C/c2cccc(N)c2)n1. The molecule has 0 saturated heterocycles. The molecule has 0 bridgehead atoms. The van der Waals surface area contributed by atoms with Crippen LogP contribution in [0.4, 0.5) is 10.8 Å². The zero-order valence-corrected chi connectivity index (χ0v) is 11.6. The van der Waals surface area contributed by atoms with E-state index in [4.69, 9.17) is 5.73 Å². The number of carbonyl (C=O) groups is 2. The number of aromatic nitrogens is 1. The van der Waals surface area contributed by atoms with Gasteiger partial charge in [-0.1, -0.05) is 12.1 Å². The molecule has 0 unspecified atom stereocenters. The van der Waals surface area contributed by atoms with Crippen molar-refractivity contribution in [1.29, 1.82) is 0 Å². The number of nitrogen functional groups attached to an aromatic ring is 1. The van der Waals surface area contributed by atoms with Crippen LogP contribution in [0.1, 0.15) is 23.0 Å². The molecule has 3 N–H and O–H groups in total. The molecule has 0 aliphatic carbocycles. The molecule has 0 radical (unpaired) electrons. The predicted octanol–water partition coefficient (Wildman–Crippen LogP) is 2.58. The minimum Gasteiger partial charge on any atom is -0.399 e. The van der Waals surface area contributed by atoms with Gasteiger partial charge in [0, 0.05) is 24.1 Å². The molecule has 0 atom stereocenters. The first-order valence-corrected chi connectivity index (χ1v) is 6.73. The molecule has 1 aromatic carbocycles. The summed E-state index contributed by atoms with van der Waals surface area (Å²) in [5, 5.41) is 4.61. The monoisotopic (exact) mass is 287 g/mol. The number of carbonyl (C=O) groups excluding carboxylic acids is 2. The van der Waals surface area contributed by atoms with E-state index < -0.39 is 0 Å². The average molecular weight is 287 g/mol. The van der Waals surface area contributed by atoms with Gasteiger partial charge in [-0.25, -0.2) is 4.98 Å². The quantitative estimate of drug-likeness (QED) is 0.514. The third-order valence-corrected chi connectivity index (χ3v) is 3.19. The number of benzene rings is 1. The number of thiazole rings is 1. The first-order chi connectivity index (χ1) is 9.54. The molecule has 0 aliphatic rings. The molecule has 2 aromatic rings. The van der Waals surface area contributed by atoms with Crippen molar-refractivity contribution in [1.82, 2.24) is 4.98 Å². The summed E-state index contributed by atoms with van der Waals surface area (Å²) in [6.45, 7) is 1.43. The number of nitrogens with one attached hydrogen (secondary N) is 1. The summed E-state index contributed by atoms with van der Waals surface area (Å²) in [6, 6.07) is 7.20. The van der Waals surface area contributed by atoms with E-state index in [9.17, 15) is 9.59 Å². The molecule has 2 rings (SSSR count). The van der Waals surface area contributed by atoms with Gasteiger partial charge in [0.15, 0.2) is 10.9 Å². The molecular formula is C14H13N3O2S. The number of ketones is 1. The van der Waals surface area contributed by atoms with Crippen molar-refractivity contribution in [3.8, 4) is 0 Å². The van der Waals surface area contributed by atoms with Gasteiger partial charge in [-0.15, -0.1) is 11.3 Å². The molecule has 6 heteroatoms. The van der Waals surface area contributed by atoms with Crippen LogP contribution in [0.15, 0.2) is 35.7 Å². The van der Waals surface area contributed by atoms with Crippen LogP contribution >= 0.6 is 11.3 Å². The van der Waals surface area contributed by atoms with Gasteiger partial charge < -0.3 is 5.73 Å². The molecule has 20 heavy (non-hydrogen) atoms. The number of Topliss-reactive ketones (excluding diaryl/α,β-unsaturated/α-hetero) is 1. The number of hydrogen-bond donors (Lipinski definition) is 2. The highest BCUT2D eigenvalue weighted by Crippen LogP contribution is 2.16. The summed E-state index contributed by atoms with van der Waals surface area (Å²) in [5.74, 6) is -0.436. The highest BCUT2D eigenvalue weighted by molar-refractivity contribution is 7.14. The molecule has 1 amide bonds. The lowest BCUT2D eigenvalue weighted by atomic mass is 10.2. The second kappa shape index (κ2) is 6.12. The van der Waals surface area contributed by atoms with Gasteiger partial charge in [0.2, 0.25) is 5.91 Å². The minimum atomic E-state index is -0.308. The van der Waals surface area contributed by atoms with Gasteiger partial charge in [0.1, 0.15) is 5.69 Å². The van der Waals surface area contributed by atoms with Crippen LogP contribution in [0, 0.1) is 0 Å². The topological polar surface area (TPSA) is 85.1 Å². The third kappa shape index (κ3) is 3.76. The maximum atomic E-state index is 11.7. The molecule has 102 valence electrons. The van der Waals surface area contributed by atoms with E-state index in [0.717, 1.165) is 5.56 Å². The maximum Gasteiger partial charge on any atom is 0.250 e. The van der Waals surface area contributed by atoms with Crippen molar-refractivity contribution in [3.63, 3.8) is 0 Å². The van der Waals surface area contributed by atoms with E-state index in [2.05, 4.69) is 10.3 Å². The van der Waals surface area contributed by atoms with Crippen LogP contribution in [-0.2, 0) is 4.79 Å². The highest BCUT2D eigenvalue weighted by atomic mass is 32.1. The van der Waals surface area contributed by atoms with Crippen LogP contribution in [0.2, 0.25) is 0 Å². The van der Waals surface area contributed by atoms with Crippen molar-refractivity contribution in [2.45, 2.75) is 6.92 Å². The maximum absolute atomic E-state index is 11.7. The summed E-state index contributed by atoms with van der Waals surface area (Å²) in [7, 11) is 0. The zero-order valence-electron chi connectivity index (χ0n) is 10.8. The van der Waals surface area contributed by atoms with E-state index in [1.54, 1.807) is 23.6 Å². The summed E-state index contributed by atoms with van der Waals surface area (Å²) < 4.78 is 0. The first kappa shape index (κ1) is 14.0. The molecule has 0 aliphatic heterocycles. The number of anilines is 2. The average Bonchev–Trinajstić information content (AvgIpc) is 2.85. The number of rotatable bonds is 4. The Labute approximate surface area is 120 Å². The van der Waals surface area contributed by atoms with Gasteiger partial charge >= 0.3 is 0 Å². The predicted molar refractivity (Wildman–Crippen MR) is 80.6 cm³/mol. The van der Waals surface area contributed by atoms with Crippen molar-refractivity contribution in [2.24, 2.45) is 0 Å². The fourth-order valence-electron chi connectivity index (χ4n) is 1.47. The minimum absolute atomic E-state index is 0.128. The van der Waals surface area contributed by atoms with E-state index in [0.29, 0.717) is 16.5 Å². The van der Waals surface area contributed by atoms with Crippen molar-refractivity contribution >= 4 is 39.9 Å². The van der Waals surface area contributed by atoms with Crippen LogP contribution in [0.25, 0.3) is 6.08 Å². The largest absolute Gasteiger partial charge is 0.399 e. The van der Waals surface area contributed by atoms with Gasteiger partial charge in [0.05, 0.1) is 0 Å². The molecule has 0 fully saturated rings. The van der Waals surface area contributed by atoms with Crippen LogP contribution in [0.3, 0.4) is 0 Å². The van der Waals surface area contributed by atoms with Crippen molar-refractivity contribution < 1.29 is 9.59 Å². The lowest BCUT2D eigenvalue weighted by Crippen LogP contribution is -2.07. The number of nitrogens with two attached hydrogens (primary N) is 1. The van der Waals surface area contributed by atoms with E-state index >= 15 is 0 Å². The summed E-state index contributed by atoms with van der Waals surface area (Å²) >= 11 is 1.21. The molecule has 0 spiro atoms. The number of nitrogens with zero attached hydrogens (tertiary/aromatic N) is 1. The van der Waals surface area contributed by atoms with Crippen LogP contribution in [0.5, 0.6) is 0 Å². The lowest BCUT2D eigenvalue weighted by Gasteiger charge is -1.97. The fraction of sp³-hybridized carbons (Fsp3) is 0.0714. The Morgan fingerprint density at radius 3 is 2.85 bits per heavy atom. The summed E-state index contributed by atoms with van der Waals surface area (Å²) in [6.07, 6.45) is 3.05. The highest BCUT2D eigenvalue weighted by Gasteiger charge is 2.07. The van der Waals surface area contributed by atoms with E-state index in [1.165, 1.54) is 24.3 Å².